The van der Waals surface area contributed by atoms with Crippen molar-refractivity contribution >= 4 is 29.7 Å². The predicted molar refractivity (Wildman–Crippen MR) is 377 cm³/mol. The molecule has 100 heavy (non-hydrogen) atoms. The molecule has 0 aromatic heterocycles. The number of quaternary nitrogens is 1. The summed E-state index contributed by atoms with van der Waals surface area (Å²) in [6.45, 7) is 11.5. The number of aromatic hydroxyl groups is 2. The summed E-state index contributed by atoms with van der Waals surface area (Å²) in [4.78, 5) is 68.2. The Kier molecular flexibility index (Phi) is 27.3. The summed E-state index contributed by atoms with van der Waals surface area (Å²) in [5.74, 6) is -3.04. The van der Waals surface area contributed by atoms with Crippen LogP contribution in [-0.2, 0) is 24.0 Å². The highest BCUT2D eigenvalue weighted by atomic mass is 16.7. The highest BCUT2D eigenvalue weighted by Gasteiger charge is 2.56. The Hall–Kier alpha value is -9.25. The molecule has 6 aromatic carbocycles. The molecule has 0 radical (unpaired) electrons. The molecule has 8 unspecified atom stereocenters. The number of carbonyl (C=O) groups is 5. The van der Waals surface area contributed by atoms with Crippen molar-refractivity contribution < 1.29 is 87.3 Å². The highest BCUT2D eigenvalue weighted by molar-refractivity contribution is 5.79. The zero-order chi connectivity index (χ0) is 70.9. The van der Waals surface area contributed by atoms with Gasteiger partial charge in [0, 0.05) is 62.6 Å². The van der Waals surface area contributed by atoms with Crippen LogP contribution in [0, 0.1) is 28.9 Å². The van der Waals surface area contributed by atoms with Gasteiger partial charge in [-0.2, -0.15) is 0 Å². The summed E-state index contributed by atoms with van der Waals surface area (Å²) >= 11 is 0. The van der Waals surface area contributed by atoms with Crippen molar-refractivity contribution in [2.24, 2.45) is 23.7 Å². The number of aliphatic carboxylic acids is 3. The second-order valence-electron chi connectivity index (χ2n) is 26.2. The molecule has 22 nitrogen and oxygen atoms in total. The average Bonchev–Trinajstić information content (AvgIpc) is 1.59. The van der Waals surface area contributed by atoms with Crippen LogP contribution in [0.1, 0.15) is 168 Å². The van der Waals surface area contributed by atoms with E-state index in [2.05, 4.69) is 33.0 Å². The fraction of sp³-hybridized carbons (Fsp3) is 0.474. The number of benzene rings is 6. The van der Waals surface area contributed by atoms with E-state index in [1.807, 2.05) is 71.6 Å². The number of carbonyl (C=O) groups excluding carboxylic acids is 2. The Balaban J connectivity index is 0.000000194. The molecule has 540 valence electrons. The van der Waals surface area contributed by atoms with Crippen LogP contribution < -0.4 is 38.5 Å². The van der Waals surface area contributed by atoms with Gasteiger partial charge in [0.1, 0.15) is 29.2 Å². The number of ether oxygens (including phenoxy) is 7. The lowest BCUT2D eigenvalue weighted by Crippen LogP contribution is -2.51. The predicted octanol–water partition coefficient (Wildman–Crippen LogP) is 13.4. The first-order valence-corrected chi connectivity index (χ1v) is 34.6. The summed E-state index contributed by atoms with van der Waals surface area (Å²) in [5.41, 5.74) is 4.67. The van der Waals surface area contributed by atoms with E-state index in [0.717, 1.165) is 73.8 Å². The molecule has 4 heterocycles. The maximum Gasteiger partial charge on any atom is 0.313 e. The van der Waals surface area contributed by atoms with Crippen molar-refractivity contribution in [2.75, 3.05) is 80.7 Å². The minimum Gasteiger partial charge on any atom is -0.632 e. The molecule has 1 saturated carbocycles. The summed E-state index contributed by atoms with van der Waals surface area (Å²) in [5, 5.41) is 68.6. The molecule has 4 aliphatic heterocycles. The Bertz CT molecular complexity index is 3670. The molecule has 2 saturated heterocycles. The smallest absolute Gasteiger partial charge is 0.313 e. The fourth-order valence-electron chi connectivity index (χ4n) is 14.9. The van der Waals surface area contributed by atoms with Gasteiger partial charge in [-0.1, -0.05) is 103 Å². The van der Waals surface area contributed by atoms with Crippen LogP contribution in [0.4, 0.5) is 0 Å². The van der Waals surface area contributed by atoms with Crippen molar-refractivity contribution in [3.05, 3.63) is 166 Å². The average molecular weight is 1380 g/mol. The van der Waals surface area contributed by atoms with Crippen molar-refractivity contribution in [1.29, 1.82) is 0 Å². The van der Waals surface area contributed by atoms with Gasteiger partial charge >= 0.3 is 17.9 Å². The molecule has 0 spiro atoms. The van der Waals surface area contributed by atoms with E-state index in [9.17, 15) is 54.7 Å². The number of hydrogen-bond acceptors (Lipinski definition) is 16. The van der Waals surface area contributed by atoms with Crippen LogP contribution in [-0.4, -0.2) is 150 Å². The van der Waals surface area contributed by atoms with E-state index in [0.29, 0.717) is 90.3 Å². The fourth-order valence-corrected chi connectivity index (χ4v) is 14.9. The van der Waals surface area contributed by atoms with Crippen molar-refractivity contribution in [3.8, 4) is 51.7 Å². The van der Waals surface area contributed by atoms with Gasteiger partial charge in [-0.05, 0) is 157 Å². The number of phenols is 2. The van der Waals surface area contributed by atoms with Gasteiger partial charge in [-0.15, -0.1) is 0 Å². The number of rotatable bonds is 28. The maximum absolute atomic E-state index is 14.7. The molecule has 3 fully saturated rings. The van der Waals surface area contributed by atoms with Gasteiger partial charge in [0.2, 0.25) is 19.5 Å². The van der Waals surface area contributed by atoms with Gasteiger partial charge in [-0.3, -0.25) is 24.0 Å². The largest absolute Gasteiger partial charge is 0.632 e. The number of nitrogens with zero attached hydrogens (tertiary/aromatic N) is 3. The molecule has 1 aliphatic carbocycles. The molecular weight excluding hydrogens is 1280 g/mol. The second-order valence-corrected chi connectivity index (χ2v) is 26.2. The number of carboxylic acid groups (broad SMARTS) is 3. The van der Waals surface area contributed by atoms with Crippen molar-refractivity contribution in [3.63, 3.8) is 0 Å². The van der Waals surface area contributed by atoms with Crippen LogP contribution in [0.15, 0.2) is 127 Å². The summed E-state index contributed by atoms with van der Waals surface area (Å²) in [6, 6.07) is 36.1. The SMILES string of the molecule is C.CCCCN(CCCC)C(=O)CC1CC(c2ccc(O)c(O)c2)C(C(=O)O)C1c1ccc(OC)cc1.CCCCN(CCCC)C(=O)C[N+]1([O-])C[C@H](c2ccc3c(c2)OCO3)[C@@H](C(=O)O)[C@@H]1c1ccc(OC)cc1.COc1ccc(C2NCC(c3ccc4c(c3)OCO4)C2C(=O)O)cc1. The lowest BCUT2D eigenvalue weighted by molar-refractivity contribution is -0.892. The number of unbranched alkanes of at least 4 members (excludes halogenated alkanes) is 4. The zero-order valence-electron chi connectivity index (χ0n) is 57.7. The Labute approximate surface area is 586 Å². The third-order valence-electron chi connectivity index (χ3n) is 20.1. The van der Waals surface area contributed by atoms with Gasteiger partial charge in [0.05, 0.1) is 45.6 Å². The topological polar surface area (TPSA) is 293 Å². The molecule has 0 bridgehead atoms. The summed E-state index contributed by atoms with van der Waals surface area (Å²) in [6.07, 6.45) is 8.24. The van der Waals surface area contributed by atoms with Crippen LogP contribution >= 0.6 is 0 Å². The molecule has 6 N–H and O–H groups in total. The number of fused-ring (bicyclic) bond motifs is 2. The first kappa shape index (κ1) is 76.5. The van der Waals surface area contributed by atoms with Gasteiger partial charge in [0.25, 0.3) is 5.91 Å². The molecule has 11 rings (SSSR count). The quantitative estimate of drug-likeness (QED) is 0.0151. The molecule has 11 atom stereocenters. The number of nitrogens with one attached hydrogen (secondary N) is 1. The standard InChI is InChI=1S/C29H38N2O7.C29H39NO6.C19H19NO5.CH4/c1-4-6-14-30(15-7-5-2)26(32)18-31(35)17-23(21-10-13-24-25(16-21)38-19-37-24)27(29(33)34)28(31)20-8-11-22(36-3)12-9-20;1-4-6-14-30(15-7-5-2)26(33)18-21-16-23(20-10-13-24(31)25(32)17-20)28(29(34)35)27(21)19-8-11-22(36-3)12-9-19;1-23-13-5-2-11(3-6-13)18-17(19(21)22)14(9-20-18)12-4-7-15-16(8-12)25-10-24-15;/h8-13,16,23,27-28H,4-7,14-15,17-19H2,1-3H3,(H,33,34);8-13,17,21,23,27-28,31-32H,4-7,14-16,18H2,1-3H3,(H,34,35);2-8,14,17-18,20H,9-10H2,1H3,(H,21,22);1H4/t23-,27-,28+,31?;;;/m1.../s1. The van der Waals surface area contributed by atoms with Gasteiger partial charge < -0.3 is 83.7 Å². The molecule has 2 amide bonds. The van der Waals surface area contributed by atoms with Crippen LogP contribution in [0.5, 0.6) is 51.7 Å². The minimum atomic E-state index is -1.06. The van der Waals surface area contributed by atoms with Gasteiger partial charge in [0.15, 0.2) is 41.0 Å². The van der Waals surface area contributed by atoms with E-state index in [-0.39, 0.29) is 87.6 Å². The van der Waals surface area contributed by atoms with Crippen LogP contribution in [0.25, 0.3) is 0 Å². The third kappa shape index (κ3) is 18.0. The van der Waals surface area contributed by atoms with Crippen LogP contribution in [0.3, 0.4) is 0 Å². The normalized spacial score (nSPS) is 22.8. The number of methoxy groups -OCH3 is 3. The number of amides is 2. The maximum atomic E-state index is 14.7. The van der Waals surface area contributed by atoms with Gasteiger partial charge in [-0.25, -0.2) is 0 Å². The van der Waals surface area contributed by atoms with E-state index >= 15 is 0 Å². The molecular formula is C78H100N4O18. The Morgan fingerprint density at radius 3 is 1.38 bits per heavy atom. The number of hydroxylamine groups is 3. The van der Waals surface area contributed by atoms with E-state index in [1.165, 1.54) is 12.1 Å². The van der Waals surface area contributed by atoms with E-state index in [4.69, 9.17) is 33.2 Å². The number of hydrogen-bond donors (Lipinski definition) is 6. The zero-order valence-corrected chi connectivity index (χ0v) is 57.7. The lowest BCUT2D eigenvalue weighted by atomic mass is 9.79. The van der Waals surface area contributed by atoms with Crippen molar-refractivity contribution in [2.45, 2.75) is 135 Å². The van der Waals surface area contributed by atoms with Crippen molar-refractivity contribution in [1.82, 2.24) is 15.1 Å². The summed E-state index contributed by atoms with van der Waals surface area (Å²) < 4.78 is 36.5. The first-order valence-electron chi connectivity index (χ1n) is 34.6. The van der Waals surface area contributed by atoms with E-state index < -0.39 is 58.2 Å². The Morgan fingerprint density at radius 1 is 0.500 bits per heavy atom. The third-order valence-corrected chi connectivity index (χ3v) is 20.1. The Morgan fingerprint density at radius 2 is 0.920 bits per heavy atom. The molecule has 22 heteroatoms. The number of carboxylic acids is 3. The highest BCUT2D eigenvalue weighted by Crippen LogP contribution is 2.55. The molecule has 6 aromatic rings. The molecule has 5 aliphatic rings. The second kappa shape index (κ2) is 35.7. The minimum absolute atomic E-state index is 0. The van der Waals surface area contributed by atoms with E-state index in [1.54, 1.807) is 74.8 Å². The number of likely N-dealkylation sites (tertiary alicyclic amines) is 1. The van der Waals surface area contributed by atoms with Crippen LogP contribution in [0.2, 0.25) is 0 Å². The lowest BCUT2D eigenvalue weighted by Gasteiger charge is -2.45. The number of phenolic OH excluding ortho intramolecular Hbond substituents is 2. The summed E-state index contributed by atoms with van der Waals surface area (Å²) in [7, 11) is 4.74. The monoisotopic (exact) mass is 1380 g/mol. The first-order chi connectivity index (χ1) is 47.8.